The molecule has 1 aliphatic heterocycles. The van der Waals surface area contributed by atoms with Crippen molar-refractivity contribution in [2.45, 2.75) is 59.2 Å². The minimum atomic E-state index is -0.364. The minimum Gasteiger partial charge on any atom is -0.396 e. The Morgan fingerprint density at radius 1 is 1.20 bits per heavy atom. The van der Waals surface area contributed by atoms with Crippen LogP contribution in [-0.4, -0.2) is 30.7 Å². The van der Waals surface area contributed by atoms with E-state index in [-0.39, 0.29) is 5.79 Å². The van der Waals surface area contributed by atoms with Gasteiger partial charge in [0.2, 0.25) is 0 Å². The van der Waals surface area contributed by atoms with Crippen LogP contribution < -0.4 is 0 Å². The molecule has 2 fully saturated rings. The second-order valence-electron chi connectivity index (χ2n) is 7.18. The highest BCUT2D eigenvalue weighted by Gasteiger charge is 2.56. The quantitative estimate of drug-likeness (QED) is 0.726. The van der Waals surface area contributed by atoms with E-state index in [1.807, 2.05) is 6.92 Å². The number of aliphatic hydroxyl groups is 1. The Morgan fingerprint density at radius 2 is 1.85 bits per heavy atom. The lowest BCUT2D eigenvalue weighted by atomic mass is 10.0. The molecule has 2 aliphatic rings. The molecular weight excluding hydrogens is 252 g/mol. The van der Waals surface area contributed by atoms with Gasteiger partial charge < -0.3 is 14.6 Å². The number of rotatable bonds is 7. The molecule has 3 heteroatoms. The van der Waals surface area contributed by atoms with Gasteiger partial charge in [-0.15, -0.1) is 0 Å². The maximum Gasteiger partial charge on any atom is 0.166 e. The van der Waals surface area contributed by atoms with Gasteiger partial charge in [-0.2, -0.15) is 0 Å². The molecule has 0 bridgehead atoms. The highest BCUT2D eigenvalue weighted by atomic mass is 16.7. The van der Waals surface area contributed by atoms with Gasteiger partial charge in [-0.3, -0.25) is 0 Å². The lowest BCUT2D eigenvalue weighted by Gasteiger charge is -2.21. The number of ether oxygens (including phenoxy) is 2. The largest absolute Gasteiger partial charge is 0.396 e. The molecule has 0 aromatic rings. The Kier molecular flexibility index (Phi) is 4.93. The van der Waals surface area contributed by atoms with Gasteiger partial charge in [0.15, 0.2) is 5.79 Å². The van der Waals surface area contributed by atoms with E-state index >= 15 is 0 Å². The van der Waals surface area contributed by atoms with Gasteiger partial charge in [-0.1, -0.05) is 25.5 Å². The van der Waals surface area contributed by atoms with E-state index in [0.29, 0.717) is 23.9 Å². The smallest absolute Gasteiger partial charge is 0.166 e. The maximum atomic E-state index is 9.33. The van der Waals surface area contributed by atoms with E-state index in [4.69, 9.17) is 9.47 Å². The van der Waals surface area contributed by atoms with Crippen LogP contribution in [0.3, 0.4) is 0 Å². The van der Waals surface area contributed by atoms with E-state index in [9.17, 15) is 5.11 Å². The molecule has 0 unspecified atom stereocenters. The Labute approximate surface area is 123 Å². The fraction of sp³-hybridized carbons (Fsp3) is 0.882. The standard InChI is InChI=1S/C17H30O3/c1-13(6-5-9-17(4)19-10-11-20-17)7-8-14-15(12-18)16(14,2)3/h6,14-15,18H,5,7-12H2,1-4H3/b13-6+/t14-,15-/m1/s1. The first kappa shape index (κ1) is 16.0. The summed E-state index contributed by atoms with van der Waals surface area (Å²) in [6.45, 7) is 10.6. The molecule has 2 atom stereocenters. The average Bonchev–Trinajstić information content (AvgIpc) is 2.70. The lowest BCUT2D eigenvalue weighted by Crippen LogP contribution is -2.24. The predicted octanol–water partition coefficient (Wildman–Crippen LogP) is 3.52. The molecule has 2 rings (SSSR count). The van der Waals surface area contributed by atoms with Crippen LogP contribution in [0, 0.1) is 17.3 Å². The van der Waals surface area contributed by atoms with Crippen molar-refractivity contribution >= 4 is 0 Å². The van der Waals surface area contributed by atoms with Crippen LogP contribution in [0.15, 0.2) is 11.6 Å². The molecule has 3 nitrogen and oxygen atoms in total. The summed E-state index contributed by atoms with van der Waals surface area (Å²) in [6.07, 6.45) is 6.60. The summed E-state index contributed by atoms with van der Waals surface area (Å²) in [7, 11) is 0. The van der Waals surface area contributed by atoms with Gasteiger partial charge in [0.25, 0.3) is 0 Å². The van der Waals surface area contributed by atoms with E-state index in [1.54, 1.807) is 0 Å². The summed E-state index contributed by atoms with van der Waals surface area (Å²) in [5.74, 6) is 0.835. The van der Waals surface area contributed by atoms with Crippen molar-refractivity contribution in [3.8, 4) is 0 Å². The molecule has 1 N–H and O–H groups in total. The molecule has 1 heterocycles. The van der Waals surface area contributed by atoms with Crippen molar-refractivity contribution in [3.63, 3.8) is 0 Å². The first-order valence-corrected chi connectivity index (χ1v) is 7.93. The molecule has 116 valence electrons. The van der Waals surface area contributed by atoms with E-state index in [0.717, 1.165) is 32.5 Å². The number of aliphatic hydroxyl groups excluding tert-OH is 1. The third kappa shape index (κ3) is 3.63. The Balaban J connectivity index is 1.67. The Morgan fingerprint density at radius 3 is 2.40 bits per heavy atom. The fourth-order valence-electron chi connectivity index (χ4n) is 3.56. The summed E-state index contributed by atoms with van der Waals surface area (Å²) in [5, 5.41) is 9.33. The first-order valence-electron chi connectivity index (χ1n) is 7.93. The highest BCUT2D eigenvalue weighted by Crippen LogP contribution is 2.60. The number of allylic oxidation sites excluding steroid dienone is 2. The van der Waals surface area contributed by atoms with Crippen molar-refractivity contribution in [1.82, 2.24) is 0 Å². The van der Waals surface area contributed by atoms with Crippen LogP contribution in [0.25, 0.3) is 0 Å². The molecule has 0 aromatic heterocycles. The van der Waals surface area contributed by atoms with E-state index in [2.05, 4.69) is 26.8 Å². The summed E-state index contributed by atoms with van der Waals surface area (Å²) < 4.78 is 11.2. The maximum absolute atomic E-state index is 9.33. The third-order valence-corrected chi connectivity index (χ3v) is 5.32. The van der Waals surface area contributed by atoms with Gasteiger partial charge in [0.1, 0.15) is 0 Å². The van der Waals surface area contributed by atoms with Crippen LogP contribution in [-0.2, 0) is 9.47 Å². The SMILES string of the molecule is C/C(=C\CCC1(C)OCCO1)CC[C@@H]1[C@@H](CO)C1(C)C. The molecule has 0 spiro atoms. The molecule has 20 heavy (non-hydrogen) atoms. The van der Waals surface area contributed by atoms with E-state index < -0.39 is 0 Å². The number of hydrogen-bond donors (Lipinski definition) is 1. The highest BCUT2D eigenvalue weighted by molar-refractivity contribution is 5.07. The normalized spacial score (nSPS) is 31.6. The second-order valence-corrected chi connectivity index (χ2v) is 7.18. The Bertz CT molecular complexity index is 353. The molecule has 1 saturated heterocycles. The van der Waals surface area contributed by atoms with Crippen molar-refractivity contribution in [1.29, 1.82) is 0 Å². The number of hydrogen-bond acceptors (Lipinski definition) is 3. The minimum absolute atomic E-state index is 0.341. The molecule has 1 aliphatic carbocycles. The lowest BCUT2D eigenvalue weighted by molar-refractivity contribution is -0.145. The van der Waals surface area contributed by atoms with Crippen molar-refractivity contribution in [3.05, 3.63) is 11.6 Å². The topological polar surface area (TPSA) is 38.7 Å². The van der Waals surface area contributed by atoms with Crippen LogP contribution in [0.2, 0.25) is 0 Å². The zero-order valence-corrected chi connectivity index (χ0v) is 13.4. The van der Waals surface area contributed by atoms with Gasteiger partial charge in [-0.25, -0.2) is 0 Å². The van der Waals surface area contributed by atoms with Crippen LogP contribution in [0.4, 0.5) is 0 Å². The molecular formula is C17H30O3. The molecule has 0 amide bonds. The van der Waals surface area contributed by atoms with Crippen LogP contribution >= 0.6 is 0 Å². The zero-order valence-electron chi connectivity index (χ0n) is 13.4. The second kappa shape index (κ2) is 6.17. The van der Waals surface area contributed by atoms with Gasteiger partial charge in [0, 0.05) is 13.0 Å². The summed E-state index contributed by atoms with van der Waals surface area (Å²) >= 11 is 0. The third-order valence-electron chi connectivity index (χ3n) is 5.32. The van der Waals surface area contributed by atoms with Crippen molar-refractivity contribution < 1.29 is 14.6 Å². The van der Waals surface area contributed by atoms with Crippen LogP contribution in [0.5, 0.6) is 0 Å². The fourth-order valence-corrected chi connectivity index (χ4v) is 3.56. The summed E-state index contributed by atoms with van der Waals surface area (Å²) in [4.78, 5) is 0. The molecule has 0 aromatic carbocycles. The zero-order chi connectivity index (χ0) is 14.8. The van der Waals surface area contributed by atoms with Gasteiger partial charge >= 0.3 is 0 Å². The van der Waals surface area contributed by atoms with Gasteiger partial charge in [-0.05, 0) is 50.4 Å². The average molecular weight is 282 g/mol. The van der Waals surface area contributed by atoms with Crippen molar-refractivity contribution in [2.75, 3.05) is 19.8 Å². The molecule has 1 saturated carbocycles. The first-order chi connectivity index (χ1) is 9.39. The van der Waals surface area contributed by atoms with Gasteiger partial charge in [0.05, 0.1) is 13.2 Å². The summed E-state index contributed by atoms with van der Waals surface area (Å²) in [5.41, 5.74) is 1.79. The summed E-state index contributed by atoms with van der Waals surface area (Å²) in [6, 6.07) is 0. The van der Waals surface area contributed by atoms with Crippen LogP contribution in [0.1, 0.15) is 53.4 Å². The monoisotopic (exact) mass is 282 g/mol. The Hall–Kier alpha value is -0.380. The van der Waals surface area contributed by atoms with Crippen molar-refractivity contribution in [2.24, 2.45) is 17.3 Å². The van der Waals surface area contributed by atoms with E-state index in [1.165, 1.54) is 12.0 Å². The molecule has 0 radical (unpaired) electrons. The predicted molar refractivity (Wildman–Crippen MR) is 80.4 cm³/mol.